The maximum absolute atomic E-state index is 12.2. The minimum atomic E-state index is -0.256. The third kappa shape index (κ3) is 4.15. The van der Waals surface area contributed by atoms with Gasteiger partial charge in [-0.25, -0.2) is 0 Å². The number of aromatic nitrogens is 2. The summed E-state index contributed by atoms with van der Waals surface area (Å²) < 4.78 is 3.02. The lowest BCUT2D eigenvalue weighted by molar-refractivity contribution is -0.121. The number of likely N-dealkylation sites (N-methyl/N-ethyl adjacent to an activating group) is 1. The minimum absolute atomic E-state index is 0.106. The number of nitrogens with one attached hydrogen (secondary N) is 2. The zero-order valence-corrected chi connectivity index (χ0v) is 14.2. The molecule has 1 aromatic heterocycles. The van der Waals surface area contributed by atoms with Gasteiger partial charge in [-0.15, -0.1) is 0 Å². The molecule has 0 aliphatic carbocycles. The number of carbonyl (C=O) groups excluding carboxylic acids is 2. The molecule has 21 heavy (non-hydrogen) atoms. The van der Waals surface area contributed by atoms with E-state index in [4.69, 9.17) is 0 Å². The van der Waals surface area contributed by atoms with E-state index >= 15 is 0 Å². The zero-order valence-electron chi connectivity index (χ0n) is 11.1. The van der Waals surface area contributed by atoms with E-state index in [2.05, 4.69) is 47.6 Å². The summed E-state index contributed by atoms with van der Waals surface area (Å²) in [5, 5.41) is 9.24. The van der Waals surface area contributed by atoms with Crippen LogP contribution in [0.1, 0.15) is 10.4 Å². The Kier molecular flexibility index (Phi) is 5.13. The topological polar surface area (TPSA) is 76.0 Å². The van der Waals surface area contributed by atoms with Crippen LogP contribution in [0.2, 0.25) is 0 Å². The van der Waals surface area contributed by atoms with Gasteiger partial charge in [-0.05, 0) is 34.1 Å². The number of hydrogen-bond donors (Lipinski definition) is 2. The van der Waals surface area contributed by atoms with E-state index in [1.165, 1.54) is 10.9 Å². The molecule has 0 unspecified atom stereocenters. The Morgan fingerprint density at radius 1 is 1.33 bits per heavy atom. The van der Waals surface area contributed by atoms with Gasteiger partial charge in [0.25, 0.3) is 5.91 Å². The van der Waals surface area contributed by atoms with E-state index in [9.17, 15) is 9.59 Å². The lowest BCUT2D eigenvalue weighted by Gasteiger charge is -2.05. The van der Waals surface area contributed by atoms with Gasteiger partial charge in [-0.3, -0.25) is 14.3 Å². The SMILES string of the molecule is CNC(=O)Cn1cc(NC(=O)c2ccc(Br)cc2Br)cn1. The van der Waals surface area contributed by atoms with Crippen molar-refractivity contribution in [2.75, 3.05) is 12.4 Å². The van der Waals surface area contributed by atoms with Crippen molar-refractivity contribution >= 4 is 49.4 Å². The number of amides is 2. The Balaban J connectivity index is 2.07. The van der Waals surface area contributed by atoms with Gasteiger partial charge < -0.3 is 10.6 Å². The maximum Gasteiger partial charge on any atom is 0.256 e. The van der Waals surface area contributed by atoms with Gasteiger partial charge in [0.15, 0.2) is 0 Å². The summed E-state index contributed by atoms with van der Waals surface area (Å²) in [6.45, 7) is 0.106. The molecule has 0 radical (unpaired) electrons. The van der Waals surface area contributed by atoms with Crippen LogP contribution in [0.3, 0.4) is 0 Å². The minimum Gasteiger partial charge on any atom is -0.358 e. The molecule has 0 fully saturated rings. The lowest BCUT2D eigenvalue weighted by atomic mass is 10.2. The highest BCUT2D eigenvalue weighted by Crippen LogP contribution is 2.22. The van der Waals surface area contributed by atoms with Crippen molar-refractivity contribution in [1.82, 2.24) is 15.1 Å². The molecule has 1 heterocycles. The average Bonchev–Trinajstić information content (AvgIpc) is 2.85. The van der Waals surface area contributed by atoms with E-state index in [0.717, 1.165) is 4.47 Å². The Morgan fingerprint density at radius 3 is 2.76 bits per heavy atom. The largest absolute Gasteiger partial charge is 0.358 e. The van der Waals surface area contributed by atoms with Crippen LogP contribution in [0.15, 0.2) is 39.5 Å². The van der Waals surface area contributed by atoms with Crippen molar-refractivity contribution in [2.45, 2.75) is 6.54 Å². The van der Waals surface area contributed by atoms with Gasteiger partial charge in [0, 0.05) is 22.2 Å². The first-order chi connectivity index (χ1) is 9.99. The molecular formula is C13H12Br2N4O2. The van der Waals surface area contributed by atoms with Crippen LogP contribution in [0.5, 0.6) is 0 Å². The number of carbonyl (C=O) groups is 2. The fraction of sp³-hybridized carbons (Fsp3) is 0.154. The lowest BCUT2D eigenvalue weighted by Crippen LogP contribution is -2.23. The highest BCUT2D eigenvalue weighted by Gasteiger charge is 2.12. The highest BCUT2D eigenvalue weighted by molar-refractivity contribution is 9.11. The summed E-state index contributed by atoms with van der Waals surface area (Å²) in [5.74, 6) is -0.416. The number of nitrogens with zero attached hydrogens (tertiary/aromatic N) is 2. The Morgan fingerprint density at radius 2 is 2.10 bits per heavy atom. The molecule has 6 nitrogen and oxygen atoms in total. The molecule has 0 aliphatic rings. The molecule has 0 saturated carbocycles. The predicted molar refractivity (Wildman–Crippen MR) is 86.1 cm³/mol. The van der Waals surface area contributed by atoms with Crippen LogP contribution in [-0.4, -0.2) is 28.6 Å². The fourth-order valence-corrected chi connectivity index (χ4v) is 2.84. The molecule has 0 atom stereocenters. The second-order valence-corrected chi connectivity index (χ2v) is 5.95. The van der Waals surface area contributed by atoms with Crippen molar-refractivity contribution in [3.8, 4) is 0 Å². The van der Waals surface area contributed by atoms with Crippen molar-refractivity contribution in [3.63, 3.8) is 0 Å². The van der Waals surface area contributed by atoms with Gasteiger partial charge in [0.05, 0.1) is 17.4 Å². The van der Waals surface area contributed by atoms with Crippen molar-refractivity contribution in [2.24, 2.45) is 0 Å². The van der Waals surface area contributed by atoms with E-state index < -0.39 is 0 Å². The van der Waals surface area contributed by atoms with Crippen molar-refractivity contribution < 1.29 is 9.59 Å². The van der Waals surface area contributed by atoms with Crippen LogP contribution in [-0.2, 0) is 11.3 Å². The number of halogens is 2. The van der Waals surface area contributed by atoms with Crippen molar-refractivity contribution in [3.05, 3.63) is 45.1 Å². The molecule has 1 aromatic carbocycles. The van der Waals surface area contributed by atoms with E-state index in [1.54, 1.807) is 31.4 Å². The number of anilines is 1. The van der Waals surface area contributed by atoms with Crippen LogP contribution in [0.4, 0.5) is 5.69 Å². The summed E-state index contributed by atoms with van der Waals surface area (Å²) >= 11 is 6.68. The smallest absolute Gasteiger partial charge is 0.256 e. The molecule has 110 valence electrons. The highest BCUT2D eigenvalue weighted by atomic mass is 79.9. The van der Waals surface area contributed by atoms with Gasteiger partial charge in [0.2, 0.25) is 5.91 Å². The first-order valence-corrected chi connectivity index (χ1v) is 7.57. The molecule has 2 N–H and O–H groups in total. The normalized spacial score (nSPS) is 10.2. The summed E-state index contributed by atoms with van der Waals surface area (Å²) in [7, 11) is 1.56. The molecule has 0 spiro atoms. The van der Waals surface area contributed by atoms with Gasteiger partial charge in [0.1, 0.15) is 6.54 Å². The average molecular weight is 416 g/mol. The van der Waals surface area contributed by atoms with E-state index in [0.29, 0.717) is 15.7 Å². The van der Waals surface area contributed by atoms with Gasteiger partial charge in [-0.1, -0.05) is 15.9 Å². The molecule has 2 amide bonds. The molecule has 8 heteroatoms. The maximum atomic E-state index is 12.2. The van der Waals surface area contributed by atoms with Crippen LogP contribution in [0, 0.1) is 0 Å². The Bertz CT molecular complexity index is 685. The first kappa shape index (κ1) is 15.7. The molecule has 0 aliphatic heterocycles. The molecule has 2 aromatic rings. The van der Waals surface area contributed by atoms with Crippen LogP contribution >= 0.6 is 31.9 Å². The Hall–Kier alpha value is -1.67. The number of rotatable bonds is 4. The van der Waals surface area contributed by atoms with Crippen molar-refractivity contribution in [1.29, 1.82) is 0 Å². The van der Waals surface area contributed by atoms with Gasteiger partial charge >= 0.3 is 0 Å². The first-order valence-electron chi connectivity index (χ1n) is 5.99. The molecule has 2 rings (SSSR count). The van der Waals surface area contributed by atoms with E-state index in [1.807, 2.05) is 0 Å². The summed E-state index contributed by atoms with van der Waals surface area (Å²) in [5.41, 5.74) is 1.04. The molecular weight excluding hydrogens is 404 g/mol. The third-order valence-electron chi connectivity index (χ3n) is 2.65. The van der Waals surface area contributed by atoms with Gasteiger partial charge in [-0.2, -0.15) is 5.10 Å². The number of hydrogen-bond acceptors (Lipinski definition) is 3. The summed E-state index contributed by atoms with van der Waals surface area (Å²) in [4.78, 5) is 23.4. The Labute approximate surface area is 138 Å². The molecule has 0 bridgehead atoms. The summed E-state index contributed by atoms with van der Waals surface area (Å²) in [6.07, 6.45) is 3.09. The van der Waals surface area contributed by atoms with E-state index in [-0.39, 0.29) is 18.4 Å². The predicted octanol–water partition coefficient (Wildman–Crippen LogP) is 2.41. The second kappa shape index (κ2) is 6.86. The summed E-state index contributed by atoms with van der Waals surface area (Å²) in [6, 6.07) is 5.29. The zero-order chi connectivity index (χ0) is 15.4. The third-order valence-corrected chi connectivity index (χ3v) is 3.80. The number of benzene rings is 1. The second-order valence-electron chi connectivity index (χ2n) is 4.18. The standard InChI is InChI=1S/C13H12Br2N4O2/c1-16-12(20)7-19-6-9(5-17-19)18-13(21)10-3-2-8(14)4-11(10)15/h2-6H,7H2,1H3,(H,16,20)(H,18,21). The monoisotopic (exact) mass is 414 g/mol. The van der Waals surface area contributed by atoms with Crippen LogP contribution in [0.25, 0.3) is 0 Å². The fourth-order valence-electron chi connectivity index (χ4n) is 1.61. The quantitative estimate of drug-likeness (QED) is 0.804. The molecule has 0 saturated heterocycles. The van der Waals surface area contributed by atoms with Crippen LogP contribution < -0.4 is 10.6 Å².